The second-order valence-electron chi connectivity index (χ2n) is 8.78. The molecule has 0 amide bonds. The molecular formula is C29H32N2O5. The molecule has 0 aliphatic heterocycles. The van der Waals surface area contributed by atoms with Gasteiger partial charge in [0.2, 0.25) is 5.75 Å². The van der Waals surface area contributed by atoms with E-state index in [1.807, 2.05) is 74.5 Å². The number of hydrogen-bond donors (Lipinski definition) is 2. The van der Waals surface area contributed by atoms with Crippen molar-refractivity contribution < 1.29 is 24.1 Å². The fourth-order valence-electron chi connectivity index (χ4n) is 4.42. The van der Waals surface area contributed by atoms with E-state index in [1.54, 1.807) is 33.7 Å². The monoisotopic (exact) mass is 488 g/mol. The second-order valence-corrected chi connectivity index (χ2v) is 8.78. The van der Waals surface area contributed by atoms with Gasteiger partial charge in [-0.3, -0.25) is 5.10 Å². The number of aromatic amines is 1. The summed E-state index contributed by atoms with van der Waals surface area (Å²) in [6.45, 7) is 4.20. The average Bonchev–Trinajstić information content (AvgIpc) is 3.46. The molecule has 1 atom stereocenters. The highest BCUT2D eigenvalue weighted by Crippen LogP contribution is 2.52. The zero-order valence-electron chi connectivity index (χ0n) is 21.2. The van der Waals surface area contributed by atoms with Gasteiger partial charge < -0.3 is 24.1 Å². The number of nitrogens with one attached hydrogen (secondary N) is 1. The van der Waals surface area contributed by atoms with E-state index >= 15 is 0 Å². The van der Waals surface area contributed by atoms with Crippen LogP contribution in [0.3, 0.4) is 0 Å². The molecule has 0 aliphatic carbocycles. The SMILES string of the molecule is COc1ccc(-c2cc(C(O)(c3cn[nH]c3)C(C)C)c(OC)c(OCc3ccccc3)c2OC)cc1. The molecule has 188 valence electrons. The maximum absolute atomic E-state index is 12.2. The number of nitrogens with zero attached hydrogens (tertiary/aromatic N) is 1. The number of benzene rings is 3. The van der Waals surface area contributed by atoms with Crippen LogP contribution in [0.2, 0.25) is 0 Å². The third kappa shape index (κ3) is 4.62. The van der Waals surface area contributed by atoms with Crippen LogP contribution in [-0.4, -0.2) is 36.6 Å². The van der Waals surface area contributed by atoms with Gasteiger partial charge in [0, 0.05) is 22.9 Å². The van der Waals surface area contributed by atoms with Gasteiger partial charge >= 0.3 is 0 Å². The highest BCUT2D eigenvalue weighted by molar-refractivity contribution is 5.79. The molecule has 36 heavy (non-hydrogen) atoms. The fourth-order valence-corrected chi connectivity index (χ4v) is 4.42. The molecule has 2 N–H and O–H groups in total. The molecule has 0 bridgehead atoms. The molecule has 7 heteroatoms. The smallest absolute Gasteiger partial charge is 0.204 e. The molecule has 0 spiro atoms. The lowest BCUT2D eigenvalue weighted by Gasteiger charge is -2.34. The Morgan fingerprint density at radius 3 is 2.14 bits per heavy atom. The van der Waals surface area contributed by atoms with Gasteiger partial charge in [0.25, 0.3) is 0 Å². The molecule has 1 unspecified atom stereocenters. The van der Waals surface area contributed by atoms with Crippen LogP contribution in [-0.2, 0) is 12.2 Å². The minimum Gasteiger partial charge on any atom is -0.497 e. The summed E-state index contributed by atoms with van der Waals surface area (Å²) >= 11 is 0. The second kappa shape index (κ2) is 10.7. The first-order chi connectivity index (χ1) is 17.4. The van der Waals surface area contributed by atoms with E-state index in [0.717, 1.165) is 22.4 Å². The van der Waals surface area contributed by atoms with Crippen molar-refractivity contribution in [1.82, 2.24) is 10.2 Å². The van der Waals surface area contributed by atoms with Gasteiger partial charge in [-0.15, -0.1) is 0 Å². The Balaban J connectivity index is 1.98. The highest BCUT2D eigenvalue weighted by atomic mass is 16.5. The van der Waals surface area contributed by atoms with Crippen LogP contribution < -0.4 is 18.9 Å². The van der Waals surface area contributed by atoms with E-state index in [-0.39, 0.29) is 5.92 Å². The Bertz CT molecular complexity index is 1270. The summed E-state index contributed by atoms with van der Waals surface area (Å²) in [5.74, 6) is 1.84. The Kier molecular flexibility index (Phi) is 7.50. The van der Waals surface area contributed by atoms with Crippen molar-refractivity contribution in [3.8, 4) is 34.1 Å². The lowest BCUT2D eigenvalue weighted by atomic mass is 9.77. The van der Waals surface area contributed by atoms with Crippen LogP contribution in [0.25, 0.3) is 11.1 Å². The third-order valence-electron chi connectivity index (χ3n) is 6.41. The molecule has 0 saturated heterocycles. The number of rotatable bonds is 10. The van der Waals surface area contributed by atoms with Crippen LogP contribution in [0.15, 0.2) is 73.1 Å². The Morgan fingerprint density at radius 2 is 1.58 bits per heavy atom. The first-order valence-electron chi connectivity index (χ1n) is 11.8. The summed E-state index contributed by atoms with van der Waals surface area (Å²) in [4.78, 5) is 0. The summed E-state index contributed by atoms with van der Waals surface area (Å²) in [6, 6.07) is 19.4. The van der Waals surface area contributed by atoms with Gasteiger partial charge in [-0.05, 0) is 35.2 Å². The molecule has 4 aromatic rings. The Hall–Kier alpha value is -3.97. The van der Waals surface area contributed by atoms with Gasteiger partial charge in [-0.1, -0.05) is 56.3 Å². The van der Waals surface area contributed by atoms with Gasteiger partial charge in [-0.2, -0.15) is 5.10 Å². The minimum absolute atomic E-state index is 0.219. The van der Waals surface area contributed by atoms with Crippen molar-refractivity contribution >= 4 is 0 Å². The first-order valence-corrected chi connectivity index (χ1v) is 11.8. The summed E-state index contributed by atoms with van der Waals surface area (Å²) in [7, 11) is 4.79. The van der Waals surface area contributed by atoms with Crippen molar-refractivity contribution in [3.05, 3.63) is 89.7 Å². The first kappa shape index (κ1) is 25.1. The number of aromatic nitrogens is 2. The summed E-state index contributed by atoms with van der Waals surface area (Å²) in [6.07, 6.45) is 3.32. The van der Waals surface area contributed by atoms with Crippen LogP contribution >= 0.6 is 0 Å². The third-order valence-corrected chi connectivity index (χ3v) is 6.41. The van der Waals surface area contributed by atoms with Crippen LogP contribution in [0.5, 0.6) is 23.0 Å². The molecule has 0 fully saturated rings. The van der Waals surface area contributed by atoms with Crippen molar-refractivity contribution in [2.75, 3.05) is 21.3 Å². The predicted octanol–water partition coefficient (Wildman–Crippen LogP) is 5.57. The highest BCUT2D eigenvalue weighted by Gasteiger charge is 2.41. The van der Waals surface area contributed by atoms with Crippen molar-refractivity contribution in [2.45, 2.75) is 26.1 Å². The summed E-state index contributed by atoms with van der Waals surface area (Å²) in [5, 5.41) is 19.1. The topological polar surface area (TPSA) is 85.8 Å². The molecule has 3 aromatic carbocycles. The average molecular weight is 489 g/mol. The lowest BCUT2D eigenvalue weighted by molar-refractivity contribution is 0.0290. The zero-order chi connectivity index (χ0) is 25.7. The molecule has 0 aliphatic rings. The van der Waals surface area contributed by atoms with E-state index in [9.17, 15) is 5.11 Å². The largest absolute Gasteiger partial charge is 0.497 e. The van der Waals surface area contributed by atoms with E-state index in [0.29, 0.717) is 35.0 Å². The number of H-pyrrole nitrogens is 1. The lowest BCUT2D eigenvalue weighted by Crippen LogP contribution is -2.33. The Labute approximate surface area is 211 Å². The van der Waals surface area contributed by atoms with Gasteiger partial charge in [0.05, 0.1) is 27.5 Å². The molecule has 0 saturated carbocycles. The van der Waals surface area contributed by atoms with Crippen molar-refractivity contribution in [3.63, 3.8) is 0 Å². The van der Waals surface area contributed by atoms with Crippen LogP contribution in [0, 0.1) is 5.92 Å². The van der Waals surface area contributed by atoms with Crippen LogP contribution in [0.1, 0.15) is 30.5 Å². The van der Waals surface area contributed by atoms with E-state index in [4.69, 9.17) is 18.9 Å². The molecule has 4 rings (SSSR count). The van der Waals surface area contributed by atoms with E-state index in [1.165, 1.54) is 0 Å². The van der Waals surface area contributed by atoms with Crippen molar-refractivity contribution in [2.24, 2.45) is 5.92 Å². The van der Waals surface area contributed by atoms with Crippen LogP contribution in [0.4, 0.5) is 0 Å². The number of ether oxygens (including phenoxy) is 4. The normalized spacial score (nSPS) is 12.8. The predicted molar refractivity (Wildman–Crippen MR) is 139 cm³/mol. The van der Waals surface area contributed by atoms with Gasteiger partial charge in [0.15, 0.2) is 11.5 Å². The molecular weight excluding hydrogens is 456 g/mol. The number of hydrogen-bond acceptors (Lipinski definition) is 6. The maximum Gasteiger partial charge on any atom is 0.204 e. The maximum atomic E-state index is 12.2. The standard InChI is InChI=1S/C29H32N2O5/c1-19(2)29(32,22-16-30-31-17-22)25-15-24(21-11-13-23(33-3)14-12-21)26(34-4)28(27(25)35-5)36-18-20-9-7-6-8-10-20/h6-17,19,32H,18H2,1-5H3,(H,30,31). The zero-order valence-corrected chi connectivity index (χ0v) is 21.2. The van der Waals surface area contributed by atoms with E-state index in [2.05, 4.69) is 10.2 Å². The summed E-state index contributed by atoms with van der Waals surface area (Å²) in [5.41, 5.74) is 2.37. The molecule has 1 heterocycles. The fraction of sp³-hybridized carbons (Fsp3) is 0.276. The van der Waals surface area contributed by atoms with Gasteiger partial charge in [-0.25, -0.2) is 0 Å². The number of methoxy groups -OCH3 is 3. The quantitative estimate of drug-likeness (QED) is 0.303. The van der Waals surface area contributed by atoms with Crippen molar-refractivity contribution in [1.29, 1.82) is 0 Å². The molecule has 0 radical (unpaired) electrons. The molecule has 7 nitrogen and oxygen atoms in total. The van der Waals surface area contributed by atoms with Gasteiger partial charge in [0.1, 0.15) is 18.0 Å². The Morgan fingerprint density at radius 1 is 0.889 bits per heavy atom. The number of aliphatic hydroxyl groups is 1. The molecule has 1 aromatic heterocycles. The van der Waals surface area contributed by atoms with E-state index < -0.39 is 5.60 Å². The minimum atomic E-state index is -1.42. The summed E-state index contributed by atoms with van der Waals surface area (Å²) < 4.78 is 23.5.